The second-order valence-electron chi connectivity index (χ2n) is 4.10. The van der Waals surface area contributed by atoms with Crippen molar-refractivity contribution in [1.82, 2.24) is 5.32 Å². The number of carbonyl (C=O) groups is 1. The minimum absolute atomic E-state index is 0.0228. The number of nitrogens with one attached hydrogen (secondary N) is 1. The molecule has 1 amide bonds. The molecular weight excluding hydrogens is 227 g/mol. The van der Waals surface area contributed by atoms with Gasteiger partial charge in [0.15, 0.2) is 0 Å². The van der Waals surface area contributed by atoms with Crippen LogP contribution in [-0.4, -0.2) is 37.6 Å². The zero-order valence-electron chi connectivity index (χ0n) is 9.48. The molecule has 1 N–H and O–H groups in total. The van der Waals surface area contributed by atoms with Gasteiger partial charge in [-0.1, -0.05) is 0 Å². The fourth-order valence-electron chi connectivity index (χ4n) is 0.727. The molecule has 0 fully saturated rings. The lowest BCUT2D eigenvalue weighted by Crippen LogP contribution is -2.34. The van der Waals surface area contributed by atoms with E-state index < -0.39 is 24.5 Å². The zero-order chi connectivity index (χ0) is 12.8. The third-order valence-electron chi connectivity index (χ3n) is 1.18. The molecule has 0 bridgehead atoms. The van der Waals surface area contributed by atoms with Crippen molar-refractivity contribution in [3.63, 3.8) is 0 Å². The molecular formula is C9H16F3NO3. The van der Waals surface area contributed by atoms with Gasteiger partial charge in [-0.05, 0) is 20.8 Å². The van der Waals surface area contributed by atoms with Crippen LogP contribution in [0, 0.1) is 0 Å². The Balaban J connectivity index is 3.50. The van der Waals surface area contributed by atoms with Gasteiger partial charge < -0.3 is 14.8 Å². The molecule has 0 aliphatic heterocycles. The highest BCUT2D eigenvalue weighted by Gasteiger charge is 2.27. The third-order valence-corrected chi connectivity index (χ3v) is 1.18. The van der Waals surface area contributed by atoms with Crippen LogP contribution in [0.2, 0.25) is 0 Å². The highest BCUT2D eigenvalue weighted by atomic mass is 19.4. The normalized spacial score (nSPS) is 12.4. The maximum Gasteiger partial charge on any atom is 0.411 e. The van der Waals surface area contributed by atoms with Crippen LogP contribution in [0.15, 0.2) is 0 Å². The highest BCUT2D eigenvalue weighted by Crippen LogP contribution is 2.13. The van der Waals surface area contributed by atoms with Crippen LogP contribution in [0.5, 0.6) is 0 Å². The van der Waals surface area contributed by atoms with Crippen molar-refractivity contribution in [2.45, 2.75) is 32.5 Å². The summed E-state index contributed by atoms with van der Waals surface area (Å²) in [4.78, 5) is 11.0. The minimum atomic E-state index is -4.34. The molecule has 0 spiro atoms. The van der Waals surface area contributed by atoms with Gasteiger partial charge in [0.1, 0.15) is 12.2 Å². The van der Waals surface area contributed by atoms with Crippen molar-refractivity contribution < 1.29 is 27.4 Å². The Hall–Kier alpha value is -0.980. The molecule has 0 aromatic rings. The van der Waals surface area contributed by atoms with Crippen LogP contribution in [0.4, 0.5) is 18.0 Å². The SMILES string of the molecule is CC(C)(C)OC(=O)NCCOCC(F)(F)F. The minimum Gasteiger partial charge on any atom is -0.444 e. The van der Waals surface area contributed by atoms with Gasteiger partial charge in [-0.25, -0.2) is 4.79 Å². The molecule has 0 rings (SSSR count). The Bertz CT molecular complexity index is 223. The monoisotopic (exact) mass is 243 g/mol. The lowest BCUT2D eigenvalue weighted by molar-refractivity contribution is -0.173. The second-order valence-corrected chi connectivity index (χ2v) is 4.10. The van der Waals surface area contributed by atoms with E-state index in [1.165, 1.54) is 0 Å². The number of amides is 1. The third kappa shape index (κ3) is 11.1. The molecule has 0 saturated carbocycles. The average molecular weight is 243 g/mol. The van der Waals surface area contributed by atoms with E-state index in [2.05, 4.69) is 10.1 Å². The number of hydrogen-bond acceptors (Lipinski definition) is 3. The van der Waals surface area contributed by atoms with Gasteiger partial charge in [0, 0.05) is 6.54 Å². The van der Waals surface area contributed by atoms with Crippen LogP contribution >= 0.6 is 0 Å². The summed E-state index contributed by atoms with van der Waals surface area (Å²) in [5.74, 6) is 0. The van der Waals surface area contributed by atoms with Crippen molar-refractivity contribution in [2.24, 2.45) is 0 Å². The van der Waals surface area contributed by atoms with Gasteiger partial charge in [0.05, 0.1) is 6.61 Å². The molecule has 0 heterocycles. The maximum absolute atomic E-state index is 11.6. The number of carbonyl (C=O) groups excluding carboxylic acids is 1. The Morgan fingerprint density at radius 2 is 1.81 bits per heavy atom. The van der Waals surface area contributed by atoms with Crippen LogP contribution in [-0.2, 0) is 9.47 Å². The summed E-state index contributed by atoms with van der Waals surface area (Å²) in [6.07, 6.45) is -5.02. The summed E-state index contributed by atoms with van der Waals surface area (Å²) < 4.78 is 44.0. The number of rotatable bonds is 4. The molecule has 4 nitrogen and oxygen atoms in total. The molecule has 0 saturated heterocycles. The Kier molecular flexibility index (Phi) is 5.57. The van der Waals surface area contributed by atoms with E-state index in [0.717, 1.165) is 0 Å². The quantitative estimate of drug-likeness (QED) is 0.769. The molecule has 0 aliphatic rings. The second kappa shape index (κ2) is 5.93. The number of ether oxygens (including phenoxy) is 2. The van der Waals surface area contributed by atoms with Gasteiger partial charge in [0.25, 0.3) is 0 Å². The van der Waals surface area contributed by atoms with Crippen molar-refractivity contribution in [1.29, 1.82) is 0 Å². The summed E-state index contributed by atoms with van der Waals surface area (Å²) in [7, 11) is 0. The fourth-order valence-corrected chi connectivity index (χ4v) is 0.727. The Morgan fingerprint density at radius 3 is 2.25 bits per heavy atom. The molecule has 96 valence electrons. The predicted octanol–water partition coefficient (Wildman–Crippen LogP) is 2.09. The summed E-state index contributed by atoms with van der Waals surface area (Å²) in [6.45, 7) is 3.51. The number of alkyl carbamates (subject to hydrolysis) is 1. The van der Waals surface area contributed by atoms with Crippen molar-refractivity contribution in [2.75, 3.05) is 19.8 Å². The molecule has 16 heavy (non-hydrogen) atoms. The highest BCUT2D eigenvalue weighted by molar-refractivity contribution is 5.67. The van der Waals surface area contributed by atoms with Gasteiger partial charge >= 0.3 is 12.3 Å². The van der Waals surface area contributed by atoms with E-state index >= 15 is 0 Å². The molecule has 0 atom stereocenters. The van der Waals surface area contributed by atoms with Gasteiger partial charge in [0.2, 0.25) is 0 Å². The fraction of sp³-hybridized carbons (Fsp3) is 0.889. The van der Waals surface area contributed by atoms with Gasteiger partial charge in [-0.15, -0.1) is 0 Å². The molecule has 7 heteroatoms. The van der Waals surface area contributed by atoms with E-state index in [9.17, 15) is 18.0 Å². The molecule has 0 aromatic carbocycles. The van der Waals surface area contributed by atoms with E-state index in [1.54, 1.807) is 20.8 Å². The van der Waals surface area contributed by atoms with Crippen molar-refractivity contribution in [3.8, 4) is 0 Å². The van der Waals surface area contributed by atoms with Crippen molar-refractivity contribution >= 4 is 6.09 Å². The first kappa shape index (κ1) is 15.0. The number of alkyl halides is 3. The summed E-state index contributed by atoms with van der Waals surface area (Å²) in [5.41, 5.74) is -0.628. The largest absolute Gasteiger partial charge is 0.444 e. The summed E-state index contributed by atoms with van der Waals surface area (Å²) in [5, 5.41) is 2.27. The maximum atomic E-state index is 11.6. The Morgan fingerprint density at radius 1 is 1.25 bits per heavy atom. The summed E-state index contributed by atoms with van der Waals surface area (Å²) >= 11 is 0. The smallest absolute Gasteiger partial charge is 0.411 e. The summed E-state index contributed by atoms with van der Waals surface area (Å²) in [6, 6.07) is 0. The Labute approximate surface area is 92.1 Å². The van der Waals surface area contributed by atoms with Gasteiger partial charge in [-0.2, -0.15) is 13.2 Å². The first-order valence-electron chi connectivity index (χ1n) is 4.71. The van der Waals surface area contributed by atoms with E-state index in [0.29, 0.717) is 0 Å². The number of halogens is 3. The van der Waals surface area contributed by atoms with Gasteiger partial charge in [-0.3, -0.25) is 0 Å². The van der Waals surface area contributed by atoms with E-state index in [1.807, 2.05) is 0 Å². The van der Waals surface area contributed by atoms with Crippen LogP contribution in [0.3, 0.4) is 0 Å². The first-order chi connectivity index (χ1) is 7.10. The van der Waals surface area contributed by atoms with Crippen LogP contribution < -0.4 is 5.32 Å². The van der Waals surface area contributed by atoms with E-state index in [-0.39, 0.29) is 13.2 Å². The number of hydrogen-bond donors (Lipinski definition) is 1. The molecule has 0 unspecified atom stereocenters. The average Bonchev–Trinajstić information content (AvgIpc) is 1.97. The molecule has 0 aliphatic carbocycles. The standard InChI is InChI=1S/C9H16F3NO3/c1-8(2,3)16-7(14)13-4-5-15-6-9(10,11)12/h4-6H2,1-3H3,(H,13,14). The van der Waals surface area contributed by atoms with Crippen LogP contribution in [0.1, 0.15) is 20.8 Å². The predicted molar refractivity (Wildman–Crippen MR) is 51.1 cm³/mol. The van der Waals surface area contributed by atoms with E-state index in [4.69, 9.17) is 4.74 Å². The molecule has 0 aromatic heterocycles. The lowest BCUT2D eigenvalue weighted by atomic mass is 10.2. The molecule has 0 radical (unpaired) electrons. The van der Waals surface area contributed by atoms with Crippen molar-refractivity contribution in [3.05, 3.63) is 0 Å². The first-order valence-corrected chi connectivity index (χ1v) is 4.71. The zero-order valence-corrected chi connectivity index (χ0v) is 9.48. The lowest BCUT2D eigenvalue weighted by Gasteiger charge is -2.19. The topological polar surface area (TPSA) is 47.6 Å². The van der Waals surface area contributed by atoms with Crippen LogP contribution in [0.25, 0.3) is 0 Å².